The second kappa shape index (κ2) is 5.26. The van der Waals surface area contributed by atoms with Crippen molar-refractivity contribution in [2.45, 2.75) is 43.7 Å². The highest BCUT2D eigenvalue weighted by atomic mass is 79.9. The molecule has 2 aromatic rings. The molecule has 1 fully saturated rings. The van der Waals surface area contributed by atoms with Crippen LogP contribution < -0.4 is 0 Å². The van der Waals surface area contributed by atoms with Gasteiger partial charge in [0.15, 0.2) is 0 Å². The maximum atomic E-state index is 6.03. The van der Waals surface area contributed by atoms with Gasteiger partial charge in [0.05, 0.1) is 17.0 Å². The molecule has 1 saturated heterocycles. The van der Waals surface area contributed by atoms with Crippen LogP contribution in [0.4, 0.5) is 0 Å². The number of hydrogen-bond acceptors (Lipinski definition) is 1. The van der Waals surface area contributed by atoms with E-state index in [4.69, 9.17) is 4.74 Å². The van der Waals surface area contributed by atoms with Crippen molar-refractivity contribution in [3.05, 3.63) is 47.5 Å². The number of hydrogen-bond donors (Lipinski definition) is 0. The predicted octanol–water partition coefficient (Wildman–Crippen LogP) is 5.15. The minimum Gasteiger partial charge on any atom is -0.374 e. The molecule has 1 heterocycles. The van der Waals surface area contributed by atoms with Crippen molar-refractivity contribution in [3.63, 3.8) is 0 Å². The fourth-order valence-electron chi connectivity index (χ4n) is 3.01. The normalized spacial score (nSPS) is 24.8. The van der Waals surface area contributed by atoms with Crippen molar-refractivity contribution in [1.29, 1.82) is 0 Å². The van der Waals surface area contributed by atoms with Crippen molar-refractivity contribution in [3.8, 4) is 0 Å². The first-order chi connectivity index (χ1) is 9.16. The largest absolute Gasteiger partial charge is 0.374 e. The molecule has 0 amide bonds. The standard InChI is InChI=1S/C17H19BrO/c1-11-7-9-13-5-3-4-6-14(13)16(11)17(18)15-10-8-12(2)19-15/h3-7,9,12,15,17H,8,10H2,1-2H3. The zero-order valence-electron chi connectivity index (χ0n) is 11.4. The molecular formula is C17H19BrO. The summed E-state index contributed by atoms with van der Waals surface area (Å²) in [6, 6.07) is 13.0. The number of fused-ring (bicyclic) bond motifs is 1. The van der Waals surface area contributed by atoms with Crippen LogP contribution in [0, 0.1) is 6.92 Å². The van der Waals surface area contributed by atoms with E-state index in [0.717, 1.165) is 12.8 Å². The smallest absolute Gasteiger partial charge is 0.0745 e. The maximum absolute atomic E-state index is 6.03. The Morgan fingerprint density at radius 2 is 1.95 bits per heavy atom. The van der Waals surface area contributed by atoms with Crippen LogP contribution in [0.3, 0.4) is 0 Å². The van der Waals surface area contributed by atoms with Crippen molar-refractivity contribution < 1.29 is 4.74 Å². The average Bonchev–Trinajstić information content (AvgIpc) is 2.85. The summed E-state index contributed by atoms with van der Waals surface area (Å²) in [6.07, 6.45) is 2.98. The summed E-state index contributed by atoms with van der Waals surface area (Å²) in [5.74, 6) is 0. The first-order valence-corrected chi connectivity index (χ1v) is 7.86. The number of rotatable bonds is 2. The van der Waals surface area contributed by atoms with Gasteiger partial charge in [0, 0.05) is 0 Å². The molecule has 0 aromatic heterocycles. The van der Waals surface area contributed by atoms with Gasteiger partial charge in [0.25, 0.3) is 0 Å². The van der Waals surface area contributed by atoms with Crippen molar-refractivity contribution in [2.75, 3.05) is 0 Å². The zero-order valence-corrected chi connectivity index (χ0v) is 13.0. The van der Waals surface area contributed by atoms with E-state index in [1.54, 1.807) is 0 Å². The van der Waals surface area contributed by atoms with E-state index in [1.165, 1.54) is 21.9 Å². The van der Waals surface area contributed by atoms with Crippen LogP contribution >= 0.6 is 15.9 Å². The Hall–Kier alpha value is -0.860. The molecule has 19 heavy (non-hydrogen) atoms. The predicted molar refractivity (Wildman–Crippen MR) is 83.9 cm³/mol. The van der Waals surface area contributed by atoms with Crippen LogP contribution in [-0.2, 0) is 4.74 Å². The lowest BCUT2D eigenvalue weighted by molar-refractivity contribution is 0.0558. The fourth-order valence-corrected chi connectivity index (χ4v) is 4.00. The average molecular weight is 319 g/mol. The summed E-state index contributed by atoms with van der Waals surface area (Å²) in [7, 11) is 0. The topological polar surface area (TPSA) is 9.23 Å². The van der Waals surface area contributed by atoms with E-state index in [1.807, 2.05) is 0 Å². The van der Waals surface area contributed by atoms with Crippen molar-refractivity contribution >= 4 is 26.7 Å². The molecule has 0 bridgehead atoms. The fraction of sp³-hybridized carbons (Fsp3) is 0.412. The van der Waals surface area contributed by atoms with Gasteiger partial charge in [-0.05, 0) is 48.6 Å². The van der Waals surface area contributed by atoms with Gasteiger partial charge in [-0.2, -0.15) is 0 Å². The number of benzene rings is 2. The molecule has 2 aromatic carbocycles. The molecular weight excluding hydrogens is 300 g/mol. The molecule has 2 heteroatoms. The first kappa shape index (κ1) is 13.1. The van der Waals surface area contributed by atoms with Crippen LogP contribution in [0.15, 0.2) is 36.4 Å². The molecule has 100 valence electrons. The molecule has 1 aliphatic heterocycles. The van der Waals surface area contributed by atoms with Crippen molar-refractivity contribution in [1.82, 2.24) is 0 Å². The van der Waals surface area contributed by atoms with Gasteiger partial charge in [-0.15, -0.1) is 0 Å². The molecule has 0 N–H and O–H groups in total. The summed E-state index contributed by atoms with van der Waals surface area (Å²) in [6.45, 7) is 4.35. The molecule has 0 spiro atoms. The lowest BCUT2D eigenvalue weighted by Crippen LogP contribution is -2.15. The third kappa shape index (κ3) is 2.44. The van der Waals surface area contributed by atoms with Crippen LogP contribution in [-0.4, -0.2) is 12.2 Å². The highest BCUT2D eigenvalue weighted by molar-refractivity contribution is 9.09. The quantitative estimate of drug-likeness (QED) is 0.696. The minimum atomic E-state index is 0.281. The Labute approximate surface area is 123 Å². The van der Waals surface area contributed by atoms with Crippen LogP contribution in [0.25, 0.3) is 10.8 Å². The molecule has 1 aliphatic rings. The third-order valence-corrected chi connectivity index (χ3v) is 5.10. The van der Waals surface area contributed by atoms with E-state index in [0.29, 0.717) is 12.2 Å². The minimum absolute atomic E-state index is 0.281. The number of ether oxygens (including phenoxy) is 1. The number of alkyl halides is 1. The molecule has 3 rings (SSSR count). The second-order valence-electron chi connectivity index (χ2n) is 5.48. The lowest BCUT2D eigenvalue weighted by Gasteiger charge is -2.22. The van der Waals surface area contributed by atoms with Gasteiger partial charge in [0.1, 0.15) is 0 Å². The van der Waals surface area contributed by atoms with E-state index in [9.17, 15) is 0 Å². The van der Waals surface area contributed by atoms with Crippen LogP contribution in [0.5, 0.6) is 0 Å². The summed E-state index contributed by atoms with van der Waals surface area (Å²) < 4.78 is 6.03. The molecule has 1 nitrogen and oxygen atoms in total. The Kier molecular flexibility index (Phi) is 3.64. The van der Waals surface area contributed by atoms with Gasteiger partial charge in [0.2, 0.25) is 0 Å². The Bertz CT molecular complexity index is 593. The lowest BCUT2D eigenvalue weighted by atomic mass is 9.94. The van der Waals surface area contributed by atoms with Gasteiger partial charge >= 0.3 is 0 Å². The summed E-state index contributed by atoms with van der Waals surface area (Å²) >= 11 is 3.89. The van der Waals surface area contributed by atoms with E-state index in [-0.39, 0.29) is 4.83 Å². The van der Waals surface area contributed by atoms with Gasteiger partial charge in [-0.3, -0.25) is 0 Å². The first-order valence-electron chi connectivity index (χ1n) is 6.94. The van der Waals surface area contributed by atoms with Crippen LogP contribution in [0.2, 0.25) is 0 Å². The number of aryl methyl sites for hydroxylation is 1. The van der Waals surface area contributed by atoms with Crippen LogP contribution in [0.1, 0.15) is 35.7 Å². The van der Waals surface area contributed by atoms with Gasteiger partial charge < -0.3 is 4.74 Å². The third-order valence-electron chi connectivity index (χ3n) is 4.06. The van der Waals surface area contributed by atoms with E-state index in [2.05, 4.69) is 66.2 Å². The highest BCUT2D eigenvalue weighted by Crippen LogP contribution is 2.40. The summed E-state index contributed by atoms with van der Waals surface area (Å²) in [5, 5.41) is 2.64. The molecule has 0 saturated carbocycles. The van der Waals surface area contributed by atoms with Gasteiger partial charge in [-0.25, -0.2) is 0 Å². The summed E-state index contributed by atoms with van der Waals surface area (Å²) in [5.41, 5.74) is 2.72. The second-order valence-corrected chi connectivity index (χ2v) is 6.47. The summed E-state index contributed by atoms with van der Waals surface area (Å²) in [4.78, 5) is 0.281. The maximum Gasteiger partial charge on any atom is 0.0745 e. The zero-order chi connectivity index (χ0) is 13.4. The highest BCUT2D eigenvalue weighted by Gasteiger charge is 2.30. The monoisotopic (exact) mass is 318 g/mol. The van der Waals surface area contributed by atoms with Gasteiger partial charge in [-0.1, -0.05) is 52.3 Å². The molecule has 0 aliphatic carbocycles. The Morgan fingerprint density at radius 3 is 2.68 bits per heavy atom. The SMILES string of the molecule is Cc1ccc2ccccc2c1C(Br)C1CCC(C)O1. The molecule has 0 radical (unpaired) electrons. The Balaban J connectivity index is 2.06. The van der Waals surface area contributed by atoms with E-state index < -0.39 is 0 Å². The molecule has 3 unspecified atom stereocenters. The van der Waals surface area contributed by atoms with E-state index >= 15 is 0 Å². The molecule has 3 atom stereocenters. The number of halogens is 1. The van der Waals surface area contributed by atoms with Crippen molar-refractivity contribution in [2.24, 2.45) is 0 Å². The Morgan fingerprint density at radius 1 is 1.16 bits per heavy atom.